The number of aliphatic hydroxyl groups excluding tert-OH is 1. The van der Waals surface area contributed by atoms with E-state index in [4.69, 9.17) is 0 Å². The molecule has 0 radical (unpaired) electrons. The van der Waals surface area contributed by atoms with Gasteiger partial charge in [0.15, 0.2) is 0 Å². The second-order valence-corrected chi connectivity index (χ2v) is 5.45. The molecule has 1 rings (SSSR count). The summed E-state index contributed by atoms with van der Waals surface area (Å²) in [6, 6.07) is 0. The van der Waals surface area contributed by atoms with Gasteiger partial charge in [0.1, 0.15) is 0 Å². The van der Waals surface area contributed by atoms with Crippen molar-refractivity contribution >= 4 is 0 Å². The summed E-state index contributed by atoms with van der Waals surface area (Å²) in [4.78, 5) is 2.42. The first kappa shape index (κ1) is 13.9. The number of aliphatic hydroxyl groups is 1. The van der Waals surface area contributed by atoms with Crippen molar-refractivity contribution in [3.63, 3.8) is 0 Å². The van der Waals surface area contributed by atoms with Gasteiger partial charge in [-0.05, 0) is 51.2 Å². The maximum absolute atomic E-state index is 9.76. The lowest BCUT2D eigenvalue weighted by atomic mass is 9.89. The first-order valence-electron chi connectivity index (χ1n) is 6.68. The minimum absolute atomic E-state index is 0.222. The molecule has 0 spiro atoms. The second-order valence-electron chi connectivity index (χ2n) is 5.45. The van der Waals surface area contributed by atoms with Crippen LogP contribution in [0.4, 0.5) is 0 Å². The lowest BCUT2D eigenvalue weighted by Gasteiger charge is -2.23. The van der Waals surface area contributed by atoms with Crippen LogP contribution >= 0.6 is 0 Å². The van der Waals surface area contributed by atoms with Crippen molar-refractivity contribution < 1.29 is 5.11 Å². The Hall–Kier alpha value is -0.120. The van der Waals surface area contributed by atoms with Gasteiger partial charge in [-0.3, -0.25) is 0 Å². The highest BCUT2D eigenvalue weighted by Crippen LogP contribution is 2.24. The van der Waals surface area contributed by atoms with E-state index in [0.717, 1.165) is 31.5 Å². The second kappa shape index (κ2) is 7.25. The molecule has 3 heteroatoms. The van der Waals surface area contributed by atoms with Gasteiger partial charge in [-0.25, -0.2) is 0 Å². The first-order valence-corrected chi connectivity index (χ1v) is 6.68. The third-order valence-corrected chi connectivity index (χ3v) is 3.72. The number of β-amino-alcohol motifs (C(OH)–C–C–N with tert-alkyl or cyclic N) is 1. The van der Waals surface area contributed by atoms with Crippen LogP contribution in [0.5, 0.6) is 0 Å². The number of likely N-dealkylation sites (N-methyl/N-ethyl adjacent to an activating group) is 1. The van der Waals surface area contributed by atoms with E-state index in [1.54, 1.807) is 0 Å². The molecule has 3 nitrogen and oxygen atoms in total. The fourth-order valence-corrected chi connectivity index (χ4v) is 2.63. The van der Waals surface area contributed by atoms with Gasteiger partial charge in [0.25, 0.3) is 0 Å². The molecule has 0 aliphatic carbocycles. The molecular weight excluding hydrogens is 200 g/mol. The zero-order valence-electron chi connectivity index (χ0n) is 11.1. The van der Waals surface area contributed by atoms with E-state index in [2.05, 4.69) is 24.1 Å². The van der Waals surface area contributed by atoms with E-state index in [9.17, 15) is 5.11 Å². The average molecular weight is 228 g/mol. The van der Waals surface area contributed by atoms with Crippen molar-refractivity contribution in [2.45, 2.75) is 39.2 Å². The molecule has 0 aromatic carbocycles. The summed E-state index contributed by atoms with van der Waals surface area (Å²) < 4.78 is 0. The Bertz CT molecular complexity index is 185. The topological polar surface area (TPSA) is 35.5 Å². The lowest BCUT2D eigenvalue weighted by Crippen LogP contribution is -2.38. The predicted molar refractivity (Wildman–Crippen MR) is 68.6 cm³/mol. The molecule has 0 aromatic heterocycles. The monoisotopic (exact) mass is 228 g/mol. The van der Waals surface area contributed by atoms with E-state index in [0.29, 0.717) is 6.54 Å². The van der Waals surface area contributed by atoms with Crippen molar-refractivity contribution in [3.05, 3.63) is 0 Å². The maximum Gasteiger partial charge on any atom is 0.0791 e. The summed E-state index contributed by atoms with van der Waals surface area (Å²) in [6.45, 7) is 8.50. The molecule has 0 bridgehead atoms. The Balaban J connectivity index is 2.29. The van der Waals surface area contributed by atoms with Crippen LogP contribution in [0.1, 0.15) is 33.1 Å². The van der Waals surface area contributed by atoms with Gasteiger partial charge in [-0.1, -0.05) is 13.8 Å². The summed E-state index contributed by atoms with van der Waals surface area (Å²) in [7, 11) is 1.89. The van der Waals surface area contributed by atoms with Gasteiger partial charge in [-0.2, -0.15) is 0 Å². The van der Waals surface area contributed by atoms with Crippen LogP contribution in [0, 0.1) is 11.8 Å². The number of nitrogens with one attached hydrogen (secondary N) is 1. The summed E-state index contributed by atoms with van der Waals surface area (Å²) in [5.74, 6) is 1.69. The molecule has 1 fully saturated rings. The molecule has 2 atom stereocenters. The van der Waals surface area contributed by atoms with Crippen LogP contribution in [-0.2, 0) is 0 Å². The largest absolute Gasteiger partial charge is 0.390 e. The van der Waals surface area contributed by atoms with Gasteiger partial charge in [0.05, 0.1) is 6.10 Å². The third kappa shape index (κ3) is 4.81. The van der Waals surface area contributed by atoms with Gasteiger partial charge in [0, 0.05) is 13.1 Å². The number of hydrogen-bond acceptors (Lipinski definition) is 3. The molecule has 1 heterocycles. The SMILES string of the molecule is CNCC(O)CN1CCCC(C(C)C)CC1. The molecular formula is C13H28N2O. The standard InChI is InChI=1S/C13H28N2O/c1-11(2)12-5-4-7-15(8-6-12)10-13(16)9-14-3/h11-14,16H,4-10H2,1-3H3. The summed E-state index contributed by atoms with van der Waals surface area (Å²) in [5, 5.41) is 12.8. The normalized spacial score (nSPS) is 25.7. The molecule has 1 aliphatic heterocycles. The van der Waals surface area contributed by atoms with E-state index >= 15 is 0 Å². The Labute approximate surface area is 100 Å². The van der Waals surface area contributed by atoms with Crippen LogP contribution in [0.2, 0.25) is 0 Å². The Morgan fingerprint density at radius 3 is 2.69 bits per heavy atom. The molecule has 0 amide bonds. The Kier molecular flexibility index (Phi) is 6.32. The lowest BCUT2D eigenvalue weighted by molar-refractivity contribution is 0.114. The number of rotatable bonds is 5. The molecule has 0 saturated carbocycles. The van der Waals surface area contributed by atoms with Crippen LogP contribution in [0.25, 0.3) is 0 Å². The minimum Gasteiger partial charge on any atom is -0.390 e. The van der Waals surface area contributed by atoms with Crippen LogP contribution in [-0.4, -0.2) is 49.3 Å². The van der Waals surface area contributed by atoms with Gasteiger partial charge in [0.2, 0.25) is 0 Å². The number of likely N-dealkylation sites (tertiary alicyclic amines) is 1. The molecule has 1 saturated heterocycles. The molecule has 1 aliphatic rings. The predicted octanol–water partition coefficient (Wildman–Crippen LogP) is 1.32. The van der Waals surface area contributed by atoms with Crippen molar-refractivity contribution in [1.82, 2.24) is 10.2 Å². The van der Waals surface area contributed by atoms with E-state index in [-0.39, 0.29) is 6.10 Å². The zero-order chi connectivity index (χ0) is 12.0. The van der Waals surface area contributed by atoms with Gasteiger partial charge < -0.3 is 15.3 Å². The highest BCUT2D eigenvalue weighted by Gasteiger charge is 2.20. The van der Waals surface area contributed by atoms with Gasteiger partial charge >= 0.3 is 0 Å². The number of hydrogen-bond donors (Lipinski definition) is 2. The first-order chi connectivity index (χ1) is 7.63. The van der Waals surface area contributed by atoms with E-state index in [1.165, 1.54) is 19.3 Å². The summed E-state index contributed by atoms with van der Waals surface area (Å²) >= 11 is 0. The van der Waals surface area contributed by atoms with Crippen LogP contribution < -0.4 is 5.32 Å². The zero-order valence-corrected chi connectivity index (χ0v) is 11.1. The van der Waals surface area contributed by atoms with Crippen molar-refractivity contribution in [1.29, 1.82) is 0 Å². The summed E-state index contributed by atoms with van der Waals surface area (Å²) in [6.07, 6.45) is 3.72. The average Bonchev–Trinajstić information content (AvgIpc) is 2.43. The highest BCUT2D eigenvalue weighted by molar-refractivity contribution is 4.74. The molecule has 2 N–H and O–H groups in total. The van der Waals surface area contributed by atoms with Crippen LogP contribution in [0.3, 0.4) is 0 Å². The van der Waals surface area contributed by atoms with E-state index < -0.39 is 0 Å². The van der Waals surface area contributed by atoms with Crippen molar-refractivity contribution in [2.24, 2.45) is 11.8 Å². The molecule has 16 heavy (non-hydrogen) atoms. The van der Waals surface area contributed by atoms with E-state index in [1.807, 2.05) is 7.05 Å². The fourth-order valence-electron chi connectivity index (χ4n) is 2.63. The van der Waals surface area contributed by atoms with Crippen LogP contribution in [0.15, 0.2) is 0 Å². The molecule has 2 unspecified atom stereocenters. The molecule has 0 aromatic rings. The fraction of sp³-hybridized carbons (Fsp3) is 1.00. The minimum atomic E-state index is -0.222. The maximum atomic E-state index is 9.76. The quantitative estimate of drug-likeness (QED) is 0.745. The summed E-state index contributed by atoms with van der Waals surface area (Å²) in [5.41, 5.74) is 0. The third-order valence-electron chi connectivity index (χ3n) is 3.72. The Morgan fingerprint density at radius 1 is 1.31 bits per heavy atom. The Morgan fingerprint density at radius 2 is 2.06 bits per heavy atom. The number of nitrogens with zero attached hydrogens (tertiary/aromatic N) is 1. The van der Waals surface area contributed by atoms with Gasteiger partial charge in [-0.15, -0.1) is 0 Å². The molecule has 96 valence electrons. The van der Waals surface area contributed by atoms with Crippen molar-refractivity contribution in [3.8, 4) is 0 Å². The highest BCUT2D eigenvalue weighted by atomic mass is 16.3. The smallest absolute Gasteiger partial charge is 0.0791 e. The van der Waals surface area contributed by atoms with Crippen molar-refractivity contribution in [2.75, 3.05) is 33.2 Å².